The second kappa shape index (κ2) is 5.86. The molecule has 0 spiro atoms. The average molecular weight is 273 g/mol. The van der Waals surface area contributed by atoms with Gasteiger partial charge < -0.3 is 10.0 Å². The molecule has 0 saturated carbocycles. The summed E-state index contributed by atoms with van der Waals surface area (Å²) in [5.74, 6) is -0.553. The van der Waals surface area contributed by atoms with Gasteiger partial charge in [0, 0.05) is 18.0 Å². The molecular formula is C15H19N3O2. The van der Waals surface area contributed by atoms with Crippen LogP contribution in [0.25, 0.3) is 10.9 Å². The van der Waals surface area contributed by atoms with E-state index in [1.165, 1.54) is 0 Å². The third kappa shape index (κ3) is 2.71. The third-order valence-electron chi connectivity index (χ3n) is 3.13. The van der Waals surface area contributed by atoms with E-state index in [2.05, 4.69) is 35.6 Å². The molecule has 20 heavy (non-hydrogen) atoms. The number of nitrogens with zero attached hydrogens (tertiary/aromatic N) is 3. The van der Waals surface area contributed by atoms with Gasteiger partial charge in [-0.15, -0.1) is 0 Å². The molecule has 0 bridgehead atoms. The van der Waals surface area contributed by atoms with Crippen LogP contribution in [-0.2, 0) is 0 Å². The van der Waals surface area contributed by atoms with E-state index in [9.17, 15) is 9.90 Å². The zero-order valence-electron chi connectivity index (χ0n) is 12.0. The summed E-state index contributed by atoms with van der Waals surface area (Å²) in [7, 11) is 0. The molecule has 0 aliphatic heterocycles. The number of rotatable bonds is 5. The number of carboxylic acids is 1. The highest BCUT2D eigenvalue weighted by molar-refractivity contribution is 5.93. The van der Waals surface area contributed by atoms with Crippen LogP contribution in [0.4, 0.5) is 5.82 Å². The van der Waals surface area contributed by atoms with Crippen LogP contribution in [0, 0.1) is 0 Å². The van der Waals surface area contributed by atoms with Gasteiger partial charge in [-0.05, 0) is 32.4 Å². The third-order valence-corrected chi connectivity index (χ3v) is 3.13. The Morgan fingerprint density at radius 2 is 2.00 bits per heavy atom. The number of carboxylic acid groups (broad SMARTS) is 1. The van der Waals surface area contributed by atoms with Gasteiger partial charge in [0.15, 0.2) is 0 Å². The van der Waals surface area contributed by atoms with Gasteiger partial charge in [0.2, 0.25) is 5.82 Å². The lowest BCUT2D eigenvalue weighted by molar-refractivity contribution is 0.0684. The van der Waals surface area contributed by atoms with Crippen LogP contribution in [0.5, 0.6) is 0 Å². The molecule has 106 valence electrons. The molecule has 0 saturated heterocycles. The number of aromatic nitrogens is 2. The van der Waals surface area contributed by atoms with E-state index in [0.29, 0.717) is 11.3 Å². The highest BCUT2D eigenvalue weighted by Crippen LogP contribution is 2.25. The Labute approximate surface area is 118 Å². The largest absolute Gasteiger partial charge is 0.475 e. The predicted molar refractivity (Wildman–Crippen MR) is 79.3 cm³/mol. The summed E-state index contributed by atoms with van der Waals surface area (Å²) in [6.07, 6.45) is 0.971. The average Bonchev–Trinajstić information content (AvgIpc) is 2.43. The molecule has 0 aliphatic carbocycles. The van der Waals surface area contributed by atoms with E-state index >= 15 is 0 Å². The molecule has 0 unspecified atom stereocenters. The Morgan fingerprint density at radius 1 is 1.30 bits per heavy atom. The first kappa shape index (κ1) is 14.2. The zero-order valence-corrected chi connectivity index (χ0v) is 12.0. The quantitative estimate of drug-likeness (QED) is 0.907. The van der Waals surface area contributed by atoms with Crippen molar-refractivity contribution in [2.75, 3.05) is 11.4 Å². The molecule has 0 fully saturated rings. The van der Waals surface area contributed by atoms with Crippen molar-refractivity contribution in [3.05, 3.63) is 30.1 Å². The number of aromatic carboxylic acids is 1. The van der Waals surface area contributed by atoms with Crippen molar-refractivity contribution in [3.8, 4) is 0 Å². The second-order valence-corrected chi connectivity index (χ2v) is 4.98. The van der Waals surface area contributed by atoms with Crippen LogP contribution in [0.2, 0.25) is 0 Å². The van der Waals surface area contributed by atoms with E-state index in [4.69, 9.17) is 0 Å². The number of para-hydroxylation sites is 1. The minimum atomic E-state index is -1.10. The van der Waals surface area contributed by atoms with Crippen molar-refractivity contribution < 1.29 is 9.90 Å². The maximum atomic E-state index is 11.2. The lowest BCUT2D eigenvalue weighted by Gasteiger charge is -2.28. The lowest BCUT2D eigenvalue weighted by Crippen LogP contribution is -2.33. The Kier molecular flexibility index (Phi) is 4.17. The van der Waals surface area contributed by atoms with Gasteiger partial charge in [0.25, 0.3) is 0 Å². The van der Waals surface area contributed by atoms with Crippen molar-refractivity contribution >= 4 is 22.7 Å². The van der Waals surface area contributed by atoms with Gasteiger partial charge in [-0.3, -0.25) is 0 Å². The molecule has 1 heterocycles. The highest BCUT2D eigenvalue weighted by atomic mass is 16.4. The van der Waals surface area contributed by atoms with E-state index in [0.717, 1.165) is 18.4 Å². The van der Waals surface area contributed by atoms with Crippen LogP contribution in [0.15, 0.2) is 24.3 Å². The summed E-state index contributed by atoms with van der Waals surface area (Å²) in [4.78, 5) is 21.7. The van der Waals surface area contributed by atoms with Gasteiger partial charge in [-0.2, -0.15) is 0 Å². The Morgan fingerprint density at radius 3 is 2.60 bits per heavy atom. The second-order valence-electron chi connectivity index (χ2n) is 4.98. The van der Waals surface area contributed by atoms with Gasteiger partial charge in [0.1, 0.15) is 5.82 Å². The van der Waals surface area contributed by atoms with Crippen molar-refractivity contribution in [2.45, 2.75) is 33.2 Å². The fraction of sp³-hybridized carbons (Fsp3) is 0.400. The van der Waals surface area contributed by atoms with Crippen LogP contribution >= 0.6 is 0 Å². The molecule has 2 rings (SSSR count). The van der Waals surface area contributed by atoms with E-state index in [1.54, 1.807) is 0 Å². The van der Waals surface area contributed by atoms with Gasteiger partial charge in [0.05, 0.1) is 5.52 Å². The first-order valence-corrected chi connectivity index (χ1v) is 6.81. The summed E-state index contributed by atoms with van der Waals surface area (Å²) >= 11 is 0. The Bertz CT molecular complexity index is 626. The molecule has 1 N–H and O–H groups in total. The van der Waals surface area contributed by atoms with Crippen LogP contribution in [-0.4, -0.2) is 33.6 Å². The van der Waals surface area contributed by atoms with Gasteiger partial charge >= 0.3 is 5.97 Å². The predicted octanol–water partition coefficient (Wildman–Crippen LogP) is 2.95. The van der Waals surface area contributed by atoms with E-state index in [1.807, 2.05) is 24.3 Å². The summed E-state index contributed by atoms with van der Waals surface area (Å²) in [6, 6.07) is 7.76. The minimum Gasteiger partial charge on any atom is -0.475 e. The molecule has 0 radical (unpaired) electrons. The van der Waals surface area contributed by atoms with Crippen molar-refractivity contribution in [1.82, 2.24) is 9.97 Å². The number of carbonyl (C=O) groups is 1. The van der Waals surface area contributed by atoms with Crippen LogP contribution < -0.4 is 4.90 Å². The first-order valence-electron chi connectivity index (χ1n) is 6.81. The Balaban J connectivity index is 2.67. The number of fused-ring (bicyclic) bond motifs is 1. The fourth-order valence-corrected chi connectivity index (χ4v) is 2.22. The molecule has 1 aromatic heterocycles. The standard InChI is InChI=1S/C15H19N3O2/c1-4-9-18(10(2)3)14-11-7-5-6-8-12(11)16-13(17-14)15(19)20/h5-8,10H,4,9H2,1-3H3,(H,19,20). The van der Waals surface area contributed by atoms with Gasteiger partial charge in [-0.25, -0.2) is 14.8 Å². The molecule has 1 aromatic carbocycles. The van der Waals surface area contributed by atoms with E-state index < -0.39 is 5.97 Å². The van der Waals surface area contributed by atoms with Crippen molar-refractivity contribution in [1.29, 1.82) is 0 Å². The fourth-order valence-electron chi connectivity index (χ4n) is 2.22. The summed E-state index contributed by atoms with van der Waals surface area (Å²) < 4.78 is 0. The molecule has 5 heteroatoms. The van der Waals surface area contributed by atoms with Crippen LogP contribution in [0.1, 0.15) is 37.8 Å². The van der Waals surface area contributed by atoms with E-state index in [-0.39, 0.29) is 11.9 Å². The number of hydrogen-bond acceptors (Lipinski definition) is 4. The molecule has 0 amide bonds. The molecule has 0 atom stereocenters. The zero-order chi connectivity index (χ0) is 14.7. The number of anilines is 1. The number of benzene rings is 1. The summed E-state index contributed by atoms with van der Waals surface area (Å²) in [5, 5.41) is 10.1. The maximum absolute atomic E-state index is 11.2. The lowest BCUT2D eigenvalue weighted by atomic mass is 10.2. The topological polar surface area (TPSA) is 66.3 Å². The van der Waals surface area contributed by atoms with Crippen molar-refractivity contribution in [3.63, 3.8) is 0 Å². The monoisotopic (exact) mass is 273 g/mol. The van der Waals surface area contributed by atoms with Crippen LogP contribution in [0.3, 0.4) is 0 Å². The molecule has 5 nitrogen and oxygen atoms in total. The Hall–Kier alpha value is -2.17. The minimum absolute atomic E-state index is 0.152. The smallest absolute Gasteiger partial charge is 0.374 e. The highest BCUT2D eigenvalue weighted by Gasteiger charge is 2.18. The first-order chi connectivity index (χ1) is 9.54. The SMILES string of the molecule is CCCN(c1nc(C(=O)O)nc2ccccc12)C(C)C. The number of hydrogen-bond donors (Lipinski definition) is 1. The summed E-state index contributed by atoms with van der Waals surface area (Å²) in [5.41, 5.74) is 0.664. The van der Waals surface area contributed by atoms with Crippen molar-refractivity contribution in [2.24, 2.45) is 0 Å². The molecule has 0 aliphatic rings. The normalized spacial score (nSPS) is 11.0. The molecular weight excluding hydrogens is 254 g/mol. The molecule has 2 aromatic rings. The summed E-state index contributed by atoms with van der Waals surface area (Å²) in [6.45, 7) is 7.08. The van der Waals surface area contributed by atoms with Gasteiger partial charge in [-0.1, -0.05) is 19.1 Å². The maximum Gasteiger partial charge on any atom is 0.374 e.